The minimum Gasteiger partial charge on any atom is -0.497 e. The SMILES string of the molecule is COc1cccc(C(Cc2ccccn2)N2CCC(C(=O)O)CC2)c1. The number of aromatic nitrogens is 1. The summed E-state index contributed by atoms with van der Waals surface area (Å²) in [5.41, 5.74) is 2.22. The highest BCUT2D eigenvalue weighted by Crippen LogP contribution is 2.31. The molecule has 132 valence electrons. The number of hydrogen-bond donors (Lipinski definition) is 1. The fraction of sp³-hybridized carbons (Fsp3) is 0.400. The van der Waals surface area contributed by atoms with E-state index < -0.39 is 5.97 Å². The zero-order chi connectivity index (χ0) is 17.6. The maximum Gasteiger partial charge on any atom is 0.306 e. The first-order chi connectivity index (χ1) is 12.2. The quantitative estimate of drug-likeness (QED) is 0.875. The van der Waals surface area contributed by atoms with Crippen molar-refractivity contribution in [2.75, 3.05) is 20.2 Å². The van der Waals surface area contributed by atoms with Crippen molar-refractivity contribution in [1.29, 1.82) is 0 Å². The minimum absolute atomic E-state index is 0.166. The number of carbonyl (C=O) groups is 1. The summed E-state index contributed by atoms with van der Waals surface area (Å²) >= 11 is 0. The van der Waals surface area contributed by atoms with Crippen molar-refractivity contribution in [2.45, 2.75) is 25.3 Å². The number of rotatable bonds is 6. The molecule has 0 saturated carbocycles. The molecular formula is C20H24N2O3. The number of ether oxygens (including phenoxy) is 1. The van der Waals surface area contributed by atoms with E-state index in [-0.39, 0.29) is 12.0 Å². The summed E-state index contributed by atoms with van der Waals surface area (Å²) in [6.45, 7) is 1.57. The van der Waals surface area contributed by atoms with Gasteiger partial charge in [-0.1, -0.05) is 18.2 Å². The molecule has 1 aromatic carbocycles. The van der Waals surface area contributed by atoms with Crippen LogP contribution >= 0.6 is 0 Å². The lowest BCUT2D eigenvalue weighted by Gasteiger charge is -2.37. The lowest BCUT2D eigenvalue weighted by Crippen LogP contribution is -2.39. The van der Waals surface area contributed by atoms with Crippen molar-refractivity contribution < 1.29 is 14.6 Å². The van der Waals surface area contributed by atoms with Gasteiger partial charge in [0.2, 0.25) is 0 Å². The third kappa shape index (κ3) is 4.37. The average molecular weight is 340 g/mol. The maximum absolute atomic E-state index is 11.2. The monoisotopic (exact) mass is 340 g/mol. The van der Waals surface area contributed by atoms with Crippen LogP contribution in [0, 0.1) is 5.92 Å². The molecule has 1 aliphatic rings. The second-order valence-corrected chi connectivity index (χ2v) is 6.47. The van der Waals surface area contributed by atoms with Gasteiger partial charge in [-0.25, -0.2) is 0 Å². The van der Waals surface area contributed by atoms with Crippen molar-refractivity contribution >= 4 is 5.97 Å². The summed E-state index contributed by atoms with van der Waals surface area (Å²) in [5.74, 6) is -0.0664. The van der Waals surface area contributed by atoms with Crippen molar-refractivity contribution in [2.24, 2.45) is 5.92 Å². The molecule has 0 radical (unpaired) electrons. The predicted molar refractivity (Wildman–Crippen MR) is 95.6 cm³/mol. The molecule has 1 atom stereocenters. The Morgan fingerprint density at radius 2 is 2.08 bits per heavy atom. The van der Waals surface area contributed by atoms with Crippen LogP contribution in [0.15, 0.2) is 48.7 Å². The largest absolute Gasteiger partial charge is 0.497 e. The van der Waals surface area contributed by atoms with E-state index in [0.717, 1.165) is 31.0 Å². The van der Waals surface area contributed by atoms with Crippen LogP contribution in [0.25, 0.3) is 0 Å². The number of carboxylic acid groups (broad SMARTS) is 1. The third-order valence-corrected chi connectivity index (χ3v) is 4.93. The zero-order valence-electron chi connectivity index (χ0n) is 14.5. The molecule has 2 heterocycles. The summed E-state index contributed by atoms with van der Waals surface area (Å²) in [6, 6.07) is 14.2. The van der Waals surface area contributed by atoms with Crippen LogP contribution in [-0.2, 0) is 11.2 Å². The number of benzene rings is 1. The summed E-state index contributed by atoms with van der Waals surface area (Å²) in [7, 11) is 1.67. The molecule has 1 aliphatic heterocycles. The molecule has 1 fully saturated rings. The summed E-state index contributed by atoms with van der Waals surface area (Å²) in [5, 5.41) is 9.24. The van der Waals surface area contributed by atoms with E-state index in [4.69, 9.17) is 4.74 Å². The molecule has 1 saturated heterocycles. The van der Waals surface area contributed by atoms with Gasteiger partial charge in [0.05, 0.1) is 13.0 Å². The Hall–Kier alpha value is -2.40. The van der Waals surface area contributed by atoms with Gasteiger partial charge in [-0.3, -0.25) is 14.7 Å². The number of aliphatic carboxylic acids is 1. The number of pyridine rings is 1. The Labute approximate surface area is 148 Å². The van der Waals surface area contributed by atoms with E-state index in [1.54, 1.807) is 7.11 Å². The molecule has 1 unspecified atom stereocenters. The van der Waals surface area contributed by atoms with Gasteiger partial charge in [0.25, 0.3) is 0 Å². The first-order valence-corrected chi connectivity index (χ1v) is 8.68. The van der Waals surface area contributed by atoms with Crippen molar-refractivity contribution in [3.63, 3.8) is 0 Å². The van der Waals surface area contributed by atoms with E-state index >= 15 is 0 Å². The lowest BCUT2D eigenvalue weighted by atomic mass is 9.92. The van der Waals surface area contributed by atoms with Gasteiger partial charge in [0.15, 0.2) is 0 Å². The summed E-state index contributed by atoms with van der Waals surface area (Å²) < 4.78 is 5.38. The Bertz CT molecular complexity index is 697. The molecule has 2 aromatic rings. The van der Waals surface area contributed by atoms with Crippen LogP contribution < -0.4 is 4.74 Å². The van der Waals surface area contributed by atoms with Crippen molar-refractivity contribution in [3.05, 3.63) is 59.9 Å². The van der Waals surface area contributed by atoms with E-state index in [1.807, 2.05) is 36.5 Å². The topological polar surface area (TPSA) is 62.7 Å². The van der Waals surface area contributed by atoms with Gasteiger partial charge >= 0.3 is 5.97 Å². The molecule has 25 heavy (non-hydrogen) atoms. The summed E-state index contributed by atoms with van der Waals surface area (Å²) in [6.07, 6.45) is 4.00. The maximum atomic E-state index is 11.2. The molecule has 0 bridgehead atoms. The van der Waals surface area contributed by atoms with Crippen LogP contribution in [0.1, 0.15) is 30.1 Å². The van der Waals surface area contributed by atoms with Crippen LogP contribution in [0.4, 0.5) is 0 Å². The van der Waals surface area contributed by atoms with Crippen LogP contribution in [-0.4, -0.2) is 41.2 Å². The molecule has 5 heteroatoms. The Balaban J connectivity index is 1.83. The van der Waals surface area contributed by atoms with Crippen LogP contribution in [0.3, 0.4) is 0 Å². The van der Waals surface area contributed by atoms with Gasteiger partial charge in [0, 0.05) is 24.4 Å². The van der Waals surface area contributed by atoms with E-state index in [2.05, 4.69) is 22.0 Å². The smallest absolute Gasteiger partial charge is 0.306 e. The van der Waals surface area contributed by atoms with Gasteiger partial charge < -0.3 is 9.84 Å². The Morgan fingerprint density at radius 3 is 2.72 bits per heavy atom. The van der Waals surface area contributed by atoms with E-state index in [0.29, 0.717) is 12.8 Å². The molecule has 1 N–H and O–H groups in total. The van der Waals surface area contributed by atoms with Crippen LogP contribution in [0.5, 0.6) is 5.75 Å². The van der Waals surface area contributed by atoms with Gasteiger partial charge in [-0.2, -0.15) is 0 Å². The number of carboxylic acids is 1. The molecule has 0 amide bonds. The highest BCUT2D eigenvalue weighted by Gasteiger charge is 2.29. The number of likely N-dealkylation sites (tertiary alicyclic amines) is 1. The first-order valence-electron chi connectivity index (χ1n) is 8.68. The number of methoxy groups -OCH3 is 1. The fourth-order valence-corrected chi connectivity index (χ4v) is 3.48. The van der Waals surface area contributed by atoms with Crippen LogP contribution in [0.2, 0.25) is 0 Å². The van der Waals surface area contributed by atoms with Crippen molar-refractivity contribution in [3.8, 4) is 5.75 Å². The number of nitrogens with zero attached hydrogens (tertiary/aromatic N) is 2. The van der Waals surface area contributed by atoms with Crippen molar-refractivity contribution in [1.82, 2.24) is 9.88 Å². The zero-order valence-corrected chi connectivity index (χ0v) is 14.5. The van der Waals surface area contributed by atoms with Gasteiger partial charge in [-0.15, -0.1) is 0 Å². The van der Waals surface area contributed by atoms with E-state index in [1.165, 1.54) is 5.56 Å². The number of piperidine rings is 1. The molecule has 1 aromatic heterocycles. The molecule has 5 nitrogen and oxygen atoms in total. The molecule has 3 rings (SSSR count). The van der Waals surface area contributed by atoms with Gasteiger partial charge in [0.1, 0.15) is 5.75 Å². The highest BCUT2D eigenvalue weighted by molar-refractivity contribution is 5.70. The normalized spacial score (nSPS) is 17.2. The Kier molecular flexibility index (Phi) is 5.66. The Morgan fingerprint density at radius 1 is 1.28 bits per heavy atom. The minimum atomic E-state index is -0.678. The van der Waals surface area contributed by atoms with E-state index in [9.17, 15) is 9.90 Å². The highest BCUT2D eigenvalue weighted by atomic mass is 16.5. The molecule has 0 aliphatic carbocycles. The second-order valence-electron chi connectivity index (χ2n) is 6.47. The first kappa shape index (κ1) is 17.4. The number of hydrogen-bond acceptors (Lipinski definition) is 4. The standard InChI is InChI=1S/C20H24N2O3/c1-25-18-7-4-5-16(13-18)19(14-17-6-2-3-10-21-17)22-11-8-15(9-12-22)20(23)24/h2-7,10,13,15,19H,8-9,11-12,14H2,1H3,(H,23,24). The lowest BCUT2D eigenvalue weighted by molar-refractivity contribution is -0.143. The van der Waals surface area contributed by atoms with Gasteiger partial charge in [-0.05, 0) is 55.8 Å². The average Bonchev–Trinajstić information content (AvgIpc) is 2.67. The fourth-order valence-electron chi connectivity index (χ4n) is 3.48. The second kappa shape index (κ2) is 8.12. The predicted octanol–water partition coefficient (Wildman–Crippen LogP) is 3.17. The molecule has 0 spiro atoms. The summed E-state index contributed by atoms with van der Waals surface area (Å²) in [4.78, 5) is 18.1. The molecular weight excluding hydrogens is 316 g/mol. The third-order valence-electron chi connectivity index (χ3n) is 4.93.